The van der Waals surface area contributed by atoms with Gasteiger partial charge in [0.05, 0.1) is 25.0 Å². The molecule has 25 heavy (non-hydrogen) atoms. The molecule has 3 heterocycles. The summed E-state index contributed by atoms with van der Waals surface area (Å²) in [6.07, 6.45) is 3.65. The summed E-state index contributed by atoms with van der Waals surface area (Å²) in [6, 6.07) is 8.44. The quantitative estimate of drug-likeness (QED) is 0.751. The van der Waals surface area contributed by atoms with E-state index in [1.54, 1.807) is 24.1 Å². The number of β-amino-alcohol motifs (C(OH)–C–C–N with tert-alkyl or cyclic N) is 1. The predicted molar refractivity (Wildman–Crippen MR) is 94.2 cm³/mol. The first-order valence-corrected chi connectivity index (χ1v) is 8.47. The van der Waals surface area contributed by atoms with Crippen molar-refractivity contribution in [3.63, 3.8) is 0 Å². The van der Waals surface area contributed by atoms with Crippen LogP contribution in [0.3, 0.4) is 0 Å². The minimum atomic E-state index is -0.591. The second-order valence-corrected chi connectivity index (χ2v) is 6.61. The van der Waals surface area contributed by atoms with Crippen molar-refractivity contribution in [1.29, 1.82) is 0 Å². The molecule has 1 aliphatic heterocycles. The van der Waals surface area contributed by atoms with E-state index in [0.717, 1.165) is 19.5 Å². The molecule has 4 rings (SSSR count). The molecule has 130 valence electrons. The second kappa shape index (κ2) is 6.42. The zero-order valence-electron chi connectivity index (χ0n) is 14.2. The van der Waals surface area contributed by atoms with Gasteiger partial charge in [-0.25, -0.2) is 4.68 Å². The number of hydrogen-bond acceptors (Lipinski definition) is 5. The van der Waals surface area contributed by atoms with E-state index in [0.29, 0.717) is 24.0 Å². The monoisotopic (exact) mass is 339 g/mol. The molecule has 0 amide bonds. The van der Waals surface area contributed by atoms with E-state index in [-0.39, 0.29) is 5.56 Å². The molecule has 0 saturated carbocycles. The van der Waals surface area contributed by atoms with Crippen LogP contribution in [0.1, 0.15) is 11.1 Å². The minimum absolute atomic E-state index is 0.200. The van der Waals surface area contributed by atoms with Crippen LogP contribution < -0.4 is 5.56 Å². The number of benzene rings is 1. The Hall–Kier alpha value is -2.51. The van der Waals surface area contributed by atoms with Crippen molar-refractivity contribution >= 4 is 10.9 Å². The first-order valence-electron chi connectivity index (χ1n) is 8.47. The molecule has 0 bridgehead atoms. The fraction of sp³-hybridized carbons (Fsp3) is 0.389. The van der Waals surface area contributed by atoms with Crippen molar-refractivity contribution in [2.75, 3.05) is 13.1 Å². The molecular formula is C18H21N5O2. The smallest absolute Gasteiger partial charge is 0.292 e. The zero-order chi connectivity index (χ0) is 17.4. The molecule has 7 heteroatoms. The number of hydrogen-bond donors (Lipinski definition) is 1. The van der Waals surface area contributed by atoms with E-state index in [4.69, 9.17) is 0 Å². The largest absolute Gasteiger partial charge is 0.390 e. The van der Waals surface area contributed by atoms with Gasteiger partial charge in [-0.2, -0.15) is 10.2 Å². The van der Waals surface area contributed by atoms with Gasteiger partial charge in [0.1, 0.15) is 5.52 Å². The molecule has 3 aromatic rings. The van der Waals surface area contributed by atoms with Crippen LogP contribution >= 0.6 is 0 Å². The molecule has 0 saturated heterocycles. The van der Waals surface area contributed by atoms with Crippen molar-refractivity contribution in [2.24, 2.45) is 7.05 Å². The first kappa shape index (κ1) is 16.0. The summed E-state index contributed by atoms with van der Waals surface area (Å²) in [7, 11) is 1.61. The van der Waals surface area contributed by atoms with Crippen LogP contribution in [0.2, 0.25) is 0 Å². The van der Waals surface area contributed by atoms with E-state index in [2.05, 4.69) is 39.4 Å². The molecule has 0 radical (unpaired) electrons. The maximum atomic E-state index is 12.3. The van der Waals surface area contributed by atoms with Crippen molar-refractivity contribution in [2.45, 2.75) is 25.6 Å². The Balaban J connectivity index is 1.48. The van der Waals surface area contributed by atoms with Gasteiger partial charge in [-0.1, -0.05) is 24.3 Å². The van der Waals surface area contributed by atoms with Crippen molar-refractivity contribution < 1.29 is 5.11 Å². The minimum Gasteiger partial charge on any atom is -0.390 e. The van der Waals surface area contributed by atoms with Gasteiger partial charge in [0.15, 0.2) is 0 Å². The second-order valence-electron chi connectivity index (χ2n) is 6.61. The zero-order valence-corrected chi connectivity index (χ0v) is 14.2. The third-order valence-electron chi connectivity index (χ3n) is 4.80. The molecule has 1 atom stereocenters. The van der Waals surface area contributed by atoms with Gasteiger partial charge in [0.2, 0.25) is 0 Å². The SMILES string of the molecule is Cn1ncc2cnn(C[C@H](O)CN3CCc4ccccc4C3)c2c1=O. The molecule has 1 N–H and O–H groups in total. The summed E-state index contributed by atoms with van der Waals surface area (Å²) in [5, 5.41) is 19.5. The Morgan fingerprint density at radius 2 is 1.92 bits per heavy atom. The van der Waals surface area contributed by atoms with E-state index < -0.39 is 6.10 Å². The van der Waals surface area contributed by atoms with E-state index >= 15 is 0 Å². The van der Waals surface area contributed by atoms with Crippen LogP contribution in [-0.2, 0) is 26.6 Å². The Morgan fingerprint density at radius 3 is 2.76 bits per heavy atom. The average Bonchev–Trinajstić information content (AvgIpc) is 3.01. The number of aryl methyl sites for hydroxylation is 1. The summed E-state index contributed by atoms with van der Waals surface area (Å²) in [5.74, 6) is 0. The van der Waals surface area contributed by atoms with Gasteiger partial charge in [-0.3, -0.25) is 14.4 Å². The van der Waals surface area contributed by atoms with Crippen LogP contribution in [0, 0.1) is 0 Å². The van der Waals surface area contributed by atoms with E-state index in [9.17, 15) is 9.90 Å². The summed E-state index contributed by atoms with van der Waals surface area (Å²) in [4.78, 5) is 14.5. The highest BCUT2D eigenvalue weighted by Gasteiger charge is 2.20. The van der Waals surface area contributed by atoms with Crippen LogP contribution in [0.5, 0.6) is 0 Å². The Morgan fingerprint density at radius 1 is 1.16 bits per heavy atom. The molecule has 0 spiro atoms. The molecule has 1 aliphatic rings. The van der Waals surface area contributed by atoms with Crippen molar-refractivity contribution in [3.8, 4) is 0 Å². The number of rotatable bonds is 4. The lowest BCUT2D eigenvalue weighted by Gasteiger charge is -2.30. The van der Waals surface area contributed by atoms with E-state index in [1.807, 2.05) is 0 Å². The number of aromatic nitrogens is 4. The maximum Gasteiger partial charge on any atom is 0.292 e. The fourth-order valence-corrected chi connectivity index (χ4v) is 3.49. The highest BCUT2D eigenvalue weighted by atomic mass is 16.3. The normalized spacial score (nSPS) is 16.1. The Labute approximate surface area is 145 Å². The molecule has 0 fully saturated rings. The maximum absolute atomic E-state index is 12.3. The third kappa shape index (κ3) is 3.08. The number of nitrogens with zero attached hydrogens (tertiary/aromatic N) is 5. The molecule has 0 aliphatic carbocycles. The lowest BCUT2D eigenvalue weighted by molar-refractivity contribution is 0.0899. The average molecular weight is 339 g/mol. The first-order chi connectivity index (χ1) is 12.1. The lowest BCUT2D eigenvalue weighted by atomic mass is 10.00. The topological polar surface area (TPSA) is 76.2 Å². The molecule has 0 unspecified atom stereocenters. The highest BCUT2D eigenvalue weighted by Crippen LogP contribution is 2.18. The predicted octanol–water partition coefficient (Wildman–Crippen LogP) is 0.549. The van der Waals surface area contributed by atoms with Crippen LogP contribution in [0.15, 0.2) is 41.5 Å². The number of aliphatic hydroxyl groups is 1. The van der Waals surface area contributed by atoms with Crippen LogP contribution in [-0.4, -0.2) is 48.8 Å². The van der Waals surface area contributed by atoms with Crippen molar-refractivity contribution in [3.05, 3.63) is 58.1 Å². The lowest BCUT2D eigenvalue weighted by Crippen LogP contribution is -2.38. The van der Waals surface area contributed by atoms with Gasteiger partial charge >= 0.3 is 0 Å². The fourth-order valence-electron chi connectivity index (χ4n) is 3.49. The number of aliphatic hydroxyl groups excluding tert-OH is 1. The van der Waals surface area contributed by atoms with Gasteiger partial charge < -0.3 is 5.11 Å². The summed E-state index contributed by atoms with van der Waals surface area (Å²) in [6.45, 7) is 2.63. The molecule has 7 nitrogen and oxygen atoms in total. The van der Waals surface area contributed by atoms with Crippen molar-refractivity contribution in [1.82, 2.24) is 24.5 Å². The Bertz CT molecular complexity index is 961. The van der Waals surface area contributed by atoms with Gasteiger partial charge in [0.25, 0.3) is 5.56 Å². The summed E-state index contributed by atoms with van der Waals surface area (Å²) < 4.78 is 2.87. The molecule has 1 aromatic carbocycles. The highest BCUT2D eigenvalue weighted by molar-refractivity contribution is 5.76. The molecule has 2 aromatic heterocycles. The standard InChI is InChI=1S/C18H21N5O2/c1-21-18(25)17-15(8-19-21)9-20-23(17)12-16(24)11-22-7-6-13-4-2-3-5-14(13)10-22/h2-5,8-9,16,24H,6-7,10-12H2,1H3/t16-/m1/s1. The van der Waals surface area contributed by atoms with E-state index in [1.165, 1.54) is 15.8 Å². The third-order valence-corrected chi connectivity index (χ3v) is 4.80. The van der Waals surface area contributed by atoms with Crippen LogP contribution in [0.4, 0.5) is 0 Å². The summed E-state index contributed by atoms with van der Waals surface area (Å²) >= 11 is 0. The van der Waals surface area contributed by atoms with Crippen LogP contribution in [0.25, 0.3) is 10.9 Å². The van der Waals surface area contributed by atoms with Gasteiger partial charge in [0, 0.05) is 32.1 Å². The molecular weight excluding hydrogens is 318 g/mol. The number of fused-ring (bicyclic) bond motifs is 2. The Kier molecular flexibility index (Phi) is 4.10. The summed E-state index contributed by atoms with van der Waals surface area (Å²) in [5.41, 5.74) is 3.00. The van der Waals surface area contributed by atoms with Gasteiger partial charge in [-0.15, -0.1) is 0 Å². The van der Waals surface area contributed by atoms with Gasteiger partial charge in [-0.05, 0) is 17.5 Å².